The van der Waals surface area contributed by atoms with Crippen LogP contribution in [0.3, 0.4) is 0 Å². The summed E-state index contributed by atoms with van der Waals surface area (Å²) >= 11 is 3.37. The van der Waals surface area contributed by atoms with Crippen LogP contribution in [0.1, 0.15) is 21.8 Å². The Balaban J connectivity index is 1.83. The van der Waals surface area contributed by atoms with Crippen molar-refractivity contribution in [3.05, 3.63) is 45.8 Å². The number of nitrogen functional groups attached to an aromatic ring is 1. The molecule has 0 bridgehead atoms. The van der Waals surface area contributed by atoms with Crippen molar-refractivity contribution in [2.75, 3.05) is 12.3 Å². The van der Waals surface area contributed by atoms with E-state index in [4.69, 9.17) is 10.2 Å². The maximum Gasteiger partial charge on any atom is 0.292 e. The van der Waals surface area contributed by atoms with Gasteiger partial charge in [-0.15, -0.1) is 0 Å². The highest BCUT2D eigenvalue weighted by Gasteiger charge is 2.25. The number of hydrogen-bond acceptors (Lipinski definition) is 4. The predicted octanol–water partition coefficient (Wildman–Crippen LogP) is 2.22. The van der Waals surface area contributed by atoms with Crippen molar-refractivity contribution >= 4 is 27.9 Å². The average molecular weight is 322 g/mol. The lowest BCUT2D eigenvalue weighted by Crippen LogP contribution is -2.35. The number of amides is 1. The van der Waals surface area contributed by atoms with Crippen molar-refractivity contribution in [1.29, 1.82) is 0 Å². The molecule has 2 aromatic rings. The zero-order valence-corrected chi connectivity index (χ0v) is 11.7. The van der Waals surface area contributed by atoms with Crippen molar-refractivity contribution in [2.24, 2.45) is 0 Å². The van der Waals surface area contributed by atoms with E-state index in [1.165, 1.54) is 0 Å². The fourth-order valence-electron chi connectivity index (χ4n) is 2.20. The molecule has 0 atom stereocenters. The van der Waals surface area contributed by atoms with Crippen molar-refractivity contribution in [1.82, 2.24) is 9.88 Å². The first-order valence-electron chi connectivity index (χ1n) is 5.92. The highest BCUT2D eigenvalue weighted by molar-refractivity contribution is 9.10. The maximum atomic E-state index is 12.4. The monoisotopic (exact) mass is 321 g/mol. The van der Waals surface area contributed by atoms with Crippen LogP contribution in [0.4, 0.5) is 6.01 Å². The molecule has 0 radical (unpaired) electrons. The molecule has 0 fully saturated rings. The van der Waals surface area contributed by atoms with Crippen LogP contribution in [0.5, 0.6) is 0 Å². The number of fused-ring (bicyclic) bond motifs is 1. The van der Waals surface area contributed by atoms with Gasteiger partial charge in [0, 0.05) is 23.0 Å². The molecule has 0 saturated carbocycles. The van der Waals surface area contributed by atoms with Crippen LogP contribution in [0.25, 0.3) is 0 Å². The molecule has 1 aromatic carbocycles. The minimum absolute atomic E-state index is 0.00600. The summed E-state index contributed by atoms with van der Waals surface area (Å²) in [6.07, 6.45) is 0.652. The Morgan fingerprint density at radius 3 is 3.11 bits per heavy atom. The van der Waals surface area contributed by atoms with E-state index in [1.54, 1.807) is 11.0 Å². The van der Waals surface area contributed by atoms with Gasteiger partial charge in [-0.1, -0.05) is 22.0 Å². The van der Waals surface area contributed by atoms with Gasteiger partial charge in [-0.25, -0.2) is 0 Å². The number of oxazole rings is 1. The van der Waals surface area contributed by atoms with Gasteiger partial charge >= 0.3 is 0 Å². The summed E-state index contributed by atoms with van der Waals surface area (Å²) in [7, 11) is 0. The summed E-state index contributed by atoms with van der Waals surface area (Å²) in [5.41, 5.74) is 6.94. The van der Waals surface area contributed by atoms with Crippen molar-refractivity contribution in [2.45, 2.75) is 13.0 Å². The number of halogens is 1. The maximum absolute atomic E-state index is 12.4. The van der Waals surface area contributed by atoms with E-state index in [0.29, 0.717) is 25.1 Å². The normalized spacial score (nSPS) is 14.3. The lowest BCUT2D eigenvalue weighted by Gasteiger charge is -2.25. The van der Waals surface area contributed by atoms with E-state index >= 15 is 0 Å². The minimum atomic E-state index is -0.00600. The molecule has 98 valence electrons. The number of nitrogens with two attached hydrogens (primary N) is 1. The van der Waals surface area contributed by atoms with E-state index in [0.717, 1.165) is 15.9 Å². The van der Waals surface area contributed by atoms with Gasteiger partial charge in [0.2, 0.25) is 0 Å². The van der Waals surface area contributed by atoms with Crippen LogP contribution in [0.15, 0.2) is 33.2 Å². The van der Waals surface area contributed by atoms with Gasteiger partial charge in [-0.05, 0) is 18.2 Å². The molecule has 0 spiro atoms. The Bertz CT molecular complexity index is 639. The predicted molar refractivity (Wildman–Crippen MR) is 73.5 cm³/mol. The van der Waals surface area contributed by atoms with E-state index in [9.17, 15) is 4.79 Å². The fourth-order valence-corrected chi connectivity index (χ4v) is 2.60. The third-order valence-electron chi connectivity index (χ3n) is 3.10. The van der Waals surface area contributed by atoms with Crippen molar-refractivity contribution < 1.29 is 9.21 Å². The third kappa shape index (κ3) is 2.35. The van der Waals surface area contributed by atoms with Crippen molar-refractivity contribution in [3.63, 3.8) is 0 Å². The lowest BCUT2D eigenvalue weighted by atomic mass is 10.1. The molecule has 19 heavy (non-hydrogen) atoms. The summed E-state index contributed by atoms with van der Waals surface area (Å²) in [6.45, 7) is 1.06. The highest BCUT2D eigenvalue weighted by atomic mass is 79.9. The van der Waals surface area contributed by atoms with Gasteiger partial charge in [0.25, 0.3) is 11.9 Å². The quantitative estimate of drug-likeness (QED) is 0.874. The first-order chi connectivity index (χ1) is 9.13. The molecule has 6 heteroatoms. The second-order valence-electron chi connectivity index (χ2n) is 4.41. The summed E-state index contributed by atoms with van der Waals surface area (Å²) in [5, 5.41) is 0. The van der Waals surface area contributed by atoms with Crippen LogP contribution in [0.2, 0.25) is 0 Å². The van der Waals surface area contributed by atoms with Gasteiger partial charge < -0.3 is 15.1 Å². The molecular formula is C13H12BrN3O2. The van der Waals surface area contributed by atoms with Crippen LogP contribution >= 0.6 is 15.9 Å². The Morgan fingerprint density at radius 2 is 2.32 bits per heavy atom. The summed E-state index contributed by atoms with van der Waals surface area (Å²) in [4.78, 5) is 18.2. The van der Waals surface area contributed by atoms with Gasteiger partial charge in [0.1, 0.15) is 11.5 Å². The molecule has 1 aliphatic heterocycles. The number of aromatic nitrogens is 1. The van der Waals surface area contributed by atoms with Gasteiger partial charge in [0.15, 0.2) is 0 Å². The minimum Gasteiger partial charge on any atom is -0.428 e. The molecule has 5 nitrogen and oxygen atoms in total. The van der Waals surface area contributed by atoms with Crippen molar-refractivity contribution in [3.8, 4) is 0 Å². The topological polar surface area (TPSA) is 72.4 Å². The summed E-state index contributed by atoms with van der Waals surface area (Å²) in [5.74, 6) is 0.782. The van der Waals surface area contributed by atoms with Crippen LogP contribution < -0.4 is 5.73 Å². The second-order valence-corrected chi connectivity index (χ2v) is 5.32. The molecule has 1 aromatic heterocycles. The largest absolute Gasteiger partial charge is 0.428 e. The highest BCUT2D eigenvalue weighted by Crippen LogP contribution is 2.22. The molecule has 1 aliphatic rings. The number of hydrogen-bond donors (Lipinski definition) is 1. The van der Waals surface area contributed by atoms with Gasteiger partial charge in [-0.2, -0.15) is 4.98 Å². The zero-order valence-electron chi connectivity index (χ0n) is 10.1. The SMILES string of the molecule is Nc1nc2c(o1)CCN(C(=O)c1cccc(Br)c1)C2. The summed E-state index contributed by atoms with van der Waals surface area (Å²) < 4.78 is 6.17. The molecule has 1 amide bonds. The first-order valence-corrected chi connectivity index (χ1v) is 6.71. The number of nitrogens with zero attached hydrogens (tertiary/aromatic N) is 2. The average Bonchev–Trinajstić information content (AvgIpc) is 2.76. The Labute approximate surface area is 118 Å². The number of carbonyl (C=O) groups excluding carboxylic acids is 1. The molecule has 0 saturated heterocycles. The smallest absolute Gasteiger partial charge is 0.292 e. The Morgan fingerprint density at radius 1 is 1.47 bits per heavy atom. The van der Waals surface area contributed by atoms with E-state index in [-0.39, 0.29) is 11.9 Å². The second kappa shape index (κ2) is 4.70. The number of rotatable bonds is 1. The zero-order chi connectivity index (χ0) is 13.4. The Kier molecular flexibility index (Phi) is 3.02. The number of benzene rings is 1. The summed E-state index contributed by atoms with van der Waals surface area (Å²) in [6, 6.07) is 7.53. The molecule has 2 heterocycles. The molecule has 0 unspecified atom stereocenters. The molecular weight excluding hydrogens is 310 g/mol. The van der Waals surface area contributed by atoms with E-state index < -0.39 is 0 Å². The van der Waals surface area contributed by atoms with E-state index in [1.807, 2.05) is 18.2 Å². The standard InChI is InChI=1S/C13H12BrN3O2/c14-9-3-1-2-8(6-9)12(18)17-5-4-11-10(7-17)16-13(15)19-11/h1-3,6H,4-5,7H2,(H2,15,16). The molecule has 0 aliphatic carbocycles. The van der Waals surface area contributed by atoms with Gasteiger partial charge in [0.05, 0.1) is 6.54 Å². The molecule has 2 N–H and O–H groups in total. The number of carbonyl (C=O) groups is 1. The van der Waals surface area contributed by atoms with Crippen LogP contribution in [0, 0.1) is 0 Å². The van der Waals surface area contributed by atoms with Crippen LogP contribution in [-0.2, 0) is 13.0 Å². The number of anilines is 1. The fraction of sp³-hybridized carbons (Fsp3) is 0.231. The lowest BCUT2D eigenvalue weighted by molar-refractivity contribution is 0.0728. The van der Waals surface area contributed by atoms with Crippen LogP contribution in [-0.4, -0.2) is 22.3 Å². The van der Waals surface area contributed by atoms with E-state index in [2.05, 4.69) is 20.9 Å². The first kappa shape index (κ1) is 12.2. The Hall–Kier alpha value is -1.82. The van der Waals surface area contributed by atoms with Gasteiger partial charge in [-0.3, -0.25) is 4.79 Å². The third-order valence-corrected chi connectivity index (χ3v) is 3.60. The molecule has 3 rings (SSSR count).